The zero-order valence-corrected chi connectivity index (χ0v) is 20.9. The highest BCUT2D eigenvalue weighted by Gasteiger charge is 2.67. The van der Waals surface area contributed by atoms with E-state index in [0.717, 1.165) is 42.9 Å². The molecule has 2 N–H and O–H groups in total. The minimum Gasteiger partial charge on any atom is -0.393 e. The van der Waals surface area contributed by atoms with Crippen molar-refractivity contribution in [2.75, 3.05) is 0 Å². The van der Waals surface area contributed by atoms with Crippen LogP contribution in [0.5, 0.6) is 0 Å². The van der Waals surface area contributed by atoms with Gasteiger partial charge in [-0.25, -0.2) is 0 Å². The van der Waals surface area contributed by atoms with Gasteiger partial charge in [-0.15, -0.1) is 11.6 Å². The van der Waals surface area contributed by atoms with Crippen molar-refractivity contribution in [2.45, 2.75) is 122 Å². The molecule has 30 heavy (non-hydrogen) atoms. The summed E-state index contributed by atoms with van der Waals surface area (Å²) < 4.78 is 0. The SMILES string of the molecule is CC(C)CCC[C@@H](C)[C@H]1CC[C@H]2[C@@H]3CC(Cl)C4(O)CC(O)CC[C@]4(C)[C@H]3CC[C@]12C. The zero-order valence-electron chi connectivity index (χ0n) is 20.2. The second kappa shape index (κ2) is 8.21. The molecule has 2 nitrogen and oxygen atoms in total. The van der Waals surface area contributed by atoms with E-state index in [-0.39, 0.29) is 10.8 Å². The van der Waals surface area contributed by atoms with Crippen LogP contribution in [-0.4, -0.2) is 27.3 Å². The third-order valence-electron chi connectivity index (χ3n) is 11.0. The van der Waals surface area contributed by atoms with Crippen molar-refractivity contribution in [1.82, 2.24) is 0 Å². The van der Waals surface area contributed by atoms with Gasteiger partial charge >= 0.3 is 0 Å². The van der Waals surface area contributed by atoms with E-state index < -0.39 is 11.7 Å². The van der Waals surface area contributed by atoms with Gasteiger partial charge in [0.05, 0.1) is 17.1 Å². The second-order valence-corrected chi connectivity index (χ2v) is 13.4. The topological polar surface area (TPSA) is 40.5 Å². The zero-order chi connectivity index (χ0) is 21.9. The summed E-state index contributed by atoms with van der Waals surface area (Å²) in [5, 5.41) is 21.8. The highest BCUT2D eigenvalue weighted by atomic mass is 35.5. The van der Waals surface area contributed by atoms with Gasteiger partial charge in [0.1, 0.15) is 0 Å². The molecule has 0 bridgehead atoms. The van der Waals surface area contributed by atoms with Crippen LogP contribution in [0, 0.1) is 46.3 Å². The Kier molecular flexibility index (Phi) is 6.40. The first-order chi connectivity index (χ1) is 14.0. The lowest BCUT2D eigenvalue weighted by Gasteiger charge is -2.65. The van der Waals surface area contributed by atoms with Gasteiger partial charge in [0.2, 0.25) is 0 Å². The Balaban J connectivity index is 1.53. The first-order valence-electron chi connectivity index (χ1n) is 13.1. The molecule has 0 aromatic heterocycles. The molecule has 4 rings (SSSR count). The summed E-state index contributed by atoms with van der Waals surface area (Å²) in [7, 11) is 0. The third-order valence-corrected chi connectivity index (χ3v) is 11.5. The molecule has 3 heteroatoms. The van der Waals surface area contributed by atoms with Crippen molar-refractivity contribution in [3.8, 4) is 0 Å². The molecule has 0 radical (unpaired) electrons. The summed E-state index contributed by atoms with van der Waals surface area (Å²) in [5.74, 6) is 4.48. The number of rotatable bonds is 5. The van der Waals surface area contributed by atoms with E-state index in [9.17, 15) is 10.2 Å². The summed E-state index contributed by atoms with van der Waals surface area (Å²) in [6.45, 7) is 12.1. The van der Waals surface area contributed by atoms with Crippen molar-refractivity contribution in [3.05, 3.63) is 0 Å². The van der Waals surface area contributed by atoms with Gasteiger partial charge in [0.15, 0.2) is 0 Å². The summed E-state index contributed by atoms with van der Waals surface area (Å²) in [6, 6.07) is 0. The van der Waals surface area contributed by atoms with Crippen LogP contribution in [0.4, 0.5) is 0 Å². The quantitative estimate of drug-likeness (QED) is 0.463. The molecular formula is C27H47ClO2. The predicted octanol–water partition coefficient (Wildman–Crippen LogP) is 6.80. The smallest absolute Gasteiger partial charge is 0.0891 e. The molecule has 3 unspecified atom stereocenters. The number of fused-ring (bicyclic) bond motifs is 5. The van der Waals surface area contributed by atoms with Gasteiger partial charge in [-0.3, -0.25) is 0 Å². The van der Waals surface area contributed by atoms with E-state index in [2.05, 4.69) is 34.6 Å². The van der Waals surface area contributed by atoms with E-state index in [1.165, 1.54) is 44.9 Å². The minimum absolute atomic E-state index is 0.135. The monoisotopic (exact) mass is 438 g/mol. The number of alkyl halides is 1. The van der Waals surface area contributed by atoms with Crippen LogP contribution in [0.3, 0.4) is 0 Å². The lowest BCUT2D eigenvalue weighted by Crippen LogP contribution is -2.67. The molecule has 174 valence electrons. The van der Waals surface area contributed by atoms with Gasteiger partial charge in [-0.1, -0.05) is 53.9 Å². The summed E-state index contributed by atoms with van der Waals surface area (Å²) in [5.41, 5.74) is -0.581. The fraction of sp³-hybridized carbons (Fsp3) is 1.00. The van der Waals surface area contributed by atoms with Crippen molar-refractivity contribution in [2.24, 2.45) is 46.3 Å². The van der Waals surface area contributed by atoms with E-state index in [4.69, 9.17) is 11.6 Å². The normalized spacial score (nSPS) is 51.9. The molecule has 4 aliphatic rings. The Morgan fingerprint density at radius 1 is 0.967 bits per heavy atom. The van der Waals surface area contributed by atoms with E-state index in [1.807, 2.05) is 0 Å². The van der Waals surface area contributed by atoms with E-state index in [0.29, 0.717) is 23.7 Å². The first kappa shape index (κ1) is 23.4. The molecule has 10 atom stereocenters. The standard InChI is InChI=1S/C27H47ClO2/c1-17(2)7-6-8-18(3)21-9-10-22-20-15-24(28)27(30)16-19(29)11-14-26(27,5)23(20)12-13-25(21,22)4/h17-24,29-30H,6-16H2,1-5H3/t18-,19?,20+,21-,22+,23+,24?,25-,26-,27?/m1/s1. The third kappa shape index (κ3) is 3.50. The largest absolute Gasteiger partial charge is 0.393 e. The summed E-state index contributed by atoms with van der Waals surface area (Å²) in [4.78, 5) is 0. The molecule has 0 heterocycles. The van der Waals surface area contributed by atoms with E-state index >= 15 is 0 Å². The fourth-order valence-electron chi connectivity index (χ4n) is 9.24. The van der Waals surface area contributed by atoms with Crippen LogP contribution in [0.15, 0.2) is 0 Å². The second-order valence-electron chi connectivity index (χ2n) is 12.8. The predicted molar refractivity (Wildman–Crippen MR) is 126 cm³/mol. The van der Waals surface area contributed by atoms with E-state index in [1.54, 1.807) is 0 Å². The summed E-state index contributed by atoms with van der Waals surface area (Å²) >= 11 is 6.98. The first-order valence-corrected chi connectivity index (χ1v) is 13.5. The lowest BCUT2D eigenvalue weighted by atomic mass is 9.43. The molecule has 0 aromatic carbocycles. The maximum absolute atomic E-state index is 11.7. The summed E-state index contributed by atoms with van der Waals surface area (Å²) in [6.07, 6.45) is 12.2. The molecule has 4 aliphatic carbocycles. The van der Waals surface area contributed by atoms with Crippen LogP contribution in [-0.2, 0) is 0 Å². The van der Waals surface area contributed by atoms with Gasteiger partial charge in [0.25, 0.3) is 0 Å². The molecule has 0 amide bonds. The lowest BCUT2D eigenvalue weighted by molar-refractivity contribution is -0.217. The molecular weight excluding hydrogens is 392 g/mol. The Morgan fingerprint density at radius 2 is 1.70 bits per heavy atom. The fourth-order valence-corrected chi connectivity index (χ4v) is 9.78. The van der Waals surface area contributed by atoms with Gasteiger partial charge < -0.3 is 10.2 Å². The van der Waals surface area contributed by atoms with Gasteiger partial charge in [-0.2, -0.15) is 0 Å². The Morgan fingerprint density at radius 3 is 2.40 bits per heavy atom. The maximum atomic E-state index is 11.7. The molecule has 4 saturated carbocycles. The Hall–Kier alpha value is 0.210. The van der Waals surface area contributed by atoms with Crippen molar-refractivity contribution >= 4 is 11.6 Å². The minimum atomic E-state index is -0.900. The Labute approximate surface area is 190 Å². The molecule has 0 spiro atoms. The highest BCUT2D eigenvalue weighted by molar-refractivity contribution is 6.21. The van der Waals surface area contributed by atoms with Crippen molar-refractivity contribution in [3.63, 3.8) is 0 Å². The van der Waals surface area contributed by atoms with Crippen LogP contribution in [0.2, 0.25) is 0 Å². The number of hydrogen-bond acceptors (Lipinski definition) is 2. The number of halogens is 1. The average molecular weight is 439 g/mol. The molecule has 0 aliphatic heterocycles. The van der Waals surface area contributed by atoms with Crippen LogP contribution < -0.4 is 0 Å². The van der Waals surface area contributed by atoms with Crippen LogP contribution >= 0.6 is 11.6 Å². The number of aliphatic hydroxyl groups is 2. The average Bonchev–Trinajstić information content (AvgIpc) is 3.01. The number of hydrogen-bond donors (Lipinski definition) is 2. The molecule has 0 aromatic rings. The molecule has 4 fully saturated rings. The highest BCUT2D eigenvalue weighted by Crippen LogP contribution is 2.69. The van der Waals surface area contributed by atoms with Crippen molar-refractivity contribution in [1.29, 1.82) is 0 Å². The Bertz CT molecular complexity index is 622. The van der Waals surface area contributed by atoms with Gasteiger partial charge in [-0.05, 0) is 85.9 Å². The molecule has 0 saturated heterocycles. The maximum Gasteiger partial charge on any atom is 0.0891 e. The van der Waals surface area contributed by atoms with Gasteiger partial charge in [0, 0.05) is 11.8 Å². The van der Waals surface area contributed by atoms with Crippen molar-refractivity contribution < 1.29 is 10.2 Å². The van der Waals surface area contributed by atoms with Crippen LogP contribution in [0.25, 0.3) is 0 Å². The number of aliphatic hydroxyl groups excluding tert-OH is 1. The van der Waals surface area contributed by atoms with Crippen LogP contribution in [0.1, 0.15) is 105 Å².